The van der Waals surface area contributed by atoms with E-state index in [9.17, 15) is 9.59 Å². The number of likely N-dealkylation sites (tertiary alicyclic amines) is 1. The summed E-state index contributed by atoms with van der Waals surface area (Å²) in [5.41, 5.74) is -1.02. The van der Waals surface area contributed by atoms with E-state index in [4.69, 9.17) is 9.84 Å². The van der Waals surface area contributed by atoms with Gasteiger partial charge in [-0.25, -0.2) is 9.59 Å². The normalized spacial score (nSPS) is 25.6. The average Bonchev–Trinajstić information content (AvgIpc) is 2.71. The smallest absolute Gasteiger partial charge is 0.329 e. The number of aliphatic carboxylic acids is 1. The topological polar surface area (TPSA) is 78.9 Å². The summed E-state index contributed by atoms with van der Waals surface area (Å²) in [4.78, 5) is 24.9. The quantitative estimate of drug-likeness (QED) is 0.775. The van der Waals surface area contributed by atoms with Crippen molar-refractivity contribution in [1.82, 2.24) is 10.2 Å². The fourth-order valence-corrected chi connectivity index (χ4v) is 2.60. The van der Waals surface area contributed by atoms with E-state index in [0.717, 1.165) is 12.8 Å². The standard InChI is InChI=1S/C12H20N2O4/c1-18-8-9-3-6-14(7-9)11(17)13-12(10(15)16)4-2-5-12/h9H,2-8H2,1H3,(H,13,17)(H,15,16). The second kappa shape index (κ2) is 5.14. The summed E-state index contributed by atoms with van der Waals surface area (Å²) in [6.45, 7) is 1.97. The molecule has 1 saturated carbocycles. The Labute approximate surface area is 106 Å². The van der Waals surface area contributed by atoms with Crippen molar-refractivity contribution in [3.05, 3.63) is 0 Å². The molecule has 2 fully saturated rings. The summed E-state index contributed by atoms with van der Waals surface area (Å²) in [6.07, 6.45) is 2.84. The molecule has 2 N–H and O–H groups in total. The molecule has 1 aliphatic heterocycles. The third-order valence-electron chi connectivity index (χ3n) is 3.94. The number of carboxylic acids is 1. The lowest BCUT2D eigenvalue weighted by molar-refractivity contribution is -0.148. The molecule has 1 aliphatic carbocycles. The molecule has 6 nitrogen and oxygen atoms in total. The molecule has 0 aromatic rings. The van der Waals surface area contributed by atoms with Crippen LogP contribution in [0, 0.1) is 5.92 Å². The number of carboxylic acid groups (broad SMARTS) is 1. The second-order valence-electron chi connectivity index (χ2n) is 5.23. The van der Waals surface area contributed by atoms with E-state index >= 15 is 0 Å². The van der Waals surface area contributed by atoms with Crippen molar-refractivity contribution in [3.8, 4) is 0 Å². The molecule has 0 radical (unpaired) electrons. The monoisotopic (exact) mass is 256 g/mol. The van der Waals surface area contributed by atoms with Gasteiger partial charge in [0.25, 0.3) is 0 Å². The Morgan fingerprint density at radius 2 is 2.22 bits per heavy atom. The van der Waals surface area contributed by atoms with Crippen LogP contribution in [-0.2, 0) is 9.53 Å². The van der Waals surface area contributed by atoms with Gasteiger partial charge >= 0.3 is 12.0 Å². The zero-order valence-electron chi connectivity index (χ0n) is 10.6. The van der Waals surface area contributed by atoms with Gasteiger partial charge in [-0.05, 0) is 25.7 Å². The van der Waals surface area contributed by atoms with Gasteiger partial charge in [0.2, 0.25) is 0 Å². The summed E-state index contributed by atoms with van der Waals surface area (Å²) in [5, 5.41) is 11.8. The highest BCUT2D eigenvalue weighted by Gasteiger charge is 2.46. The van der Waals surface area contributed by atoms with Crippen molar-refractivity contribution in [2.75, 3.05) is 26.8 Å². The number of hydrogen-bond donors (Lipinski definition) is 2. The van der Waals surface area contributed by atoms with Crippen molar-refractivity contribution < 1.29 is 19.4 Å². The van der Waals surface area contributed by atoms with Crippen LogP contribution in [0.3, 0.4) is 0 Å². The molecule has 102 valence electrons. The SMILES string of the molecule is COCC1CCN(C(=O)NC2(C(=O)O)CCC2)C1. The number of nitrogens with zero attached hydrogens (tertiary/aromatic N) is 1. The first-order chi connectivity index (χ1) is 8.57. The van der Waals surface area contributed by atoms with Crippen LogP contribution in [0.1, 0.15) is 25.7 Å². The molecule has 2 aliphatic rings. The summed E-state index contributed by atoms with van der Waals surface area (Å²) >= 11 is 0. The number of hydrogen-bond acceptors (Lipinski definition) is 3. The van der Waals surface area contributed by atoms with Gasteiger partial charge in [-0.1, -0.05) is 0 Å². The number of urea groups is 1. The fourth-order valence-electron chi connectivity index (χ4n) is 2.60. The molecule has 1 atom stereocenters. The number of carbonyl (C=O) groups excluding carboxylic acids is 1. The highest BCUT2D eigenvalue weighted by molar-refractivity contribution is 5.87. The molecule has 1 unspecified atom stereocenters. The van der Waals surface area contributed by atoms with Gasteiger partial charge in [-0.15, -0.1) is 0 Å². The third-order valence-corrected chi connectivity index (χ3v) is 3.94. The molecule has 2 amide bonds. The highest BCUT2D eigenvalue weighted by Crippen LogP contribution is 2.32. The number of nitrogens with one attached hydrogen (secondary N) is 1. The van der Waals surface area contributed by atoms with Crippen LogP contribution < -0.4 is 5.32 Å². The van der Waals surface area contributed by atoms with E-state index < -0.39 is 11.5 Å². The highest BCUT2D eigenvalue weighted by atomic mass is 16.5. The van der Waals surface area contributed by atoms with E-state index in [1.54, 1.807) is 12.0 Å². The van der Waals surface area contributed by atoms with Crippen LogP contribution in [-0.4, -0.2) is 54.4 Å². The summed E-state index contributed by atoms with van der Waals surface area (Å²) in [6, 6.07) is -0.254. The van der Waals surface area contributed by atoms with E-state index in [-0.39, 0.29) is 6.03 Å². The molecular formula is C12H20N2O4. The Bertz CT molecular complexity index is 341. The Morgan fingerprint density at radius 3 is 2.72 bits per heavy atom. The Balaban J connectivity index is 1.87. The van der Waals surface area contributed by atoms with Crippen molar-refractivity contribution in [3.63, 3.8) is 0 Å². The van der Waals surface area contributed by atoms with Crippen molar-refractivity contribution in [2.45, 2.75) is 31.2 Å². The van der Waals surface area contributed by atoms with Crippen molar-refractivity contribution in [2.24, 2.45) is 5.92 Å². The third kappa shape index (κ3) is 2.43. The molecule has 0 spiro atoms. The van der Waals surface area contributed by atoms with Gasteiger partial charge in [0.1, 0.15) is 5.54 Å². The van der Waals surface area contributed by atoms with Gasteiger partial charge in [0, 0.05) is 26.1 Å². The predicted octanol–water partition coefficient (Wildman–Crippen LogP) is 0.672. The zero-order valence-corrected chi connectivity index (χ0v) is 10.6. The first-order valence-corrected chi connectivity index (χ1v) is 6.37. The first-order valence-electron chi connectivity index (χ1n) is 6.37. The number of rotatable bonds is 4. The lowest BCUT2D eigenvalue weighted by Crippen LogP contribution is -2.61. The van der Waals surface area contributed by atoms with Gasteiger partial charge < -0.3 is 20.1 Å². The van der Waals surface area contributed by atoms with Crippen LogP contribution >= 0.6 is 0 Å². The van der Waals surface area contributed by atoms with Crippen LogP contribution in [0.2, 0.25) is 0 Å². The van der Waals surface area contributed by atoms with Crippen LogP contribution in [0.15, 0.2) is 0 Å². The molecule has 1 saturated heterocycles. The lowest BCUT2D eigenvalue weighted by Gasteiger charge is -2.39. The van der Waals surface area contributed by atoms with Gasteiger partial charge in [0.15, 0.2) is 0 Å². The molecule has 0 aromatic heterocycles. The van der Waals surface area contributed by atoms with Crippen molar-refractivity contribution >= 4 is 12.0 Å². The molecule has 2 rings (SSSR count). The minimum absolute atomic E-state index is 0.254. The summed E-state index contributed by atoms with van der Waals surface area (Å²) in [5.74, 6) is -0.558. The van der Waals surface area contributed by atoms with Gasteiger partial charge in [0.05, 0.1) is 6.61 Å². The largest absolute Gasteiger partial charge is 0.480 e. The van der Waals surface area contributed by atoms with E-state index in [1.807, 2.05) is 0 Å². The lowest BCUT2D eigenvalue weighted by atomic mass is 9.77. The Morgan fingerprint density at radius 1 is 1.50 bits per heavy atom. The molecule has 1 heterocycles. The summed E-state index contributed by atoms with van der Waals surface area (Å²) in [7, 11) is 1.65. The van der Waals surface area contributed by atoms with E-state index in [0.29, 0.717) is 38.5 Å². The minimum Gasteiger partial charge on any atom is -0.480 e. The maximum atomic E-state index is 12.0. The molecule has 0 bridgehead atoms. The summed E-state index contributed by atoms with van der Waals surface area (Å²) < 4.78 is 5.07. The molecule has 6 heteroatoms. The van der Waals surface area contributed by atoms with Crippen LogP contribution in [0.4, 0.5) is 4.79 Å². The fraction of sp³-hybridized carbons (Fsp3) is 0.833. The average molecular weight is 256 g/mol. The number of ether oxygens (including phenoxy) is 1. The maximum Gasteiger partial charge on any atom is 0.329 e. The molecule has 18 heavy (non-hydrogen) atoms. The molecule has 0 aromatic carbocycles. The maximum absolute atomic E-state index is 12.0. The Hall–Kier alpha value is -1.30. The van der Waals surface area contributed by atoms with Gasteiger partial charge in [-0.2, -0.15) is 0 Å². The van der Waals surface area contributed by atoms with Crippen LogP contribution in [0.5, 0.6) is 0 Å². The van der Waals surface area contributed by atoms with E-state index in [1.165, 1.54) is 0 Å². The number of carbonyl (C=O) groups is 2. The van der Waals surface area contributed by atoms with Gasteiger partial charge in [-0.3, -0.25) is 0 Å². The zero-order chi connectivity index (χ0) is 13.2. The van der Waals surface area contributed by atoms with Crippen LogP contribution in [0.25, 0.3) is 0 Å². The second-order valence-corrected chi connectivity index (χ2v) is 5.23. The first kappa shape index (κ1) is 13.1. The number of methoxy groups -OCH3 is 1. The molecular weight excluding hydrogens is 236 g/mol. The van der Waals surface area contributed by atoms with Crippen molar-refractivity contribution in [1.29, 1.82) is 0 Å². The number of amides is 2. The Kier molecular flexibility index (Phi) is 3.75. The minimum atomic E-state index is -1.02. The van der Waals surface area contributed by atoms with E-state index in [2.05, 4.69) is 5.32 Å². The predicted molar refractivity (Wildman–Crippen MR) is 64.3 cm³/mol.